The van der Waals surface area contributed by atoms with Crippen molar-refractivity contribution in [2.75, 3.05) is 53.6 Å². The number of aromatic nitrogens is 1. The van der Waals surface area contributed by atoms with Crippen molar-refractivity contribution in [3.63, 3.8) is 0 Å². The lowest BCUT2D eigenvalue weighted by Crippen LogP contribution is -2.38. The molecule has 166 valence electrons. The SMILES string of the molecule is COc1ccc(/C=C(\C(=O)NCCCN2CCOCC2)n2ccccc2=O)cc1OC. The van der Waals surface area contributed by atoms with E-state index in [2.05, 4.69) is 10.2 Å². The third kappa shape index (κ3) is 6.19. The Morgan fingerprint density at radius 2 is 1.90 bits per heavy atom. The molecule has 0 atom stereocenters. The second-order valence-corrected chi connectivity index (χ2v) is 7.12. The molecular weight excluding hydrogens is 398 g/mol. The number of ether oxygens (including phenoxy) is 3. The van der Waals surface area contributed by atoms with Crippen LogP contribution in [0.15, 0.2) is 47.4 Å². The Kier molecular flexibility index (Phi) is 8.26. The molecule has 1 N–H and O–H groups in total. The van der Waals surface area contributed by atoms with Crippen molar-refractivity contribution < 1.29 is 19.0 Å². The number of benzene rings is 1. The van der Waals surface area contributed by atoms with Gasteiger partial charge in [-0.15, -0.1) is 0 Å². The van der Waals surface area contributed by atoms with E-state index in [1.165, 1.54) is 10.6 Å². The Hall–Kier alpha value is -3.10. The predicted molar refractivity (Wildman–Crippen MR) is 119 cm³/mol. The van der Waals surface area contributed by atoms with Gasteiger partial charge in [-0.05, 0) is 42.8 Å². The molecule has 2 heterocycles. The normalized spacial score (nSPS) is 14.8. The number of nitrogens with zero attached hydrogens (tertiary/aromatic N) is 2. The van der Waals surface area contributed by atoms with Gasteiger partial charge < -0.3 is 19.5 Å². The first-order chi connectivity index (χ1) is 15.1. The molecule has 1 aromatic carbocycles. The lowest BCUT2D eigenvalue weighted by Gasteiger charge is -2.26. The minimum absolute atomic E-state index is 0.240. The van der Waals surface area contributed by atoms with Gasteiger partial charge in [-0.2, -0.15) is 0 Å². The van der Waals surface area contributed by atoms with Crippen molar-refractivity contribution >= 4 is 17.7 Å². The maximum Gasteiger partial charge on any atom is 0.268 e. The summed E-state index contributed by atoms with van der Waals surface area (Å²) in [5.41, 5.74) is 0.675. The van der Waals surface area contributed by atoms with Crippen LogP contribution in [0.1, 0.15) is 12.0 Å². The van der Waals surface area contributed by atoms with E-state index in [4.69, 9.17) is 14.2 Å². The lowest BCUT2D eigenvalue weighted by molar-refractivity contribution is -0.116. The molecule has 0 bridgehead atoms. The summed E-state index contributed by atoms with van der Waals surface area (Å²) in [5, 5.41) is 2.94. The van der Waals surface area contributed by atoms with Gasteiger partial charge in [-0.3, -0.25) is 19.1 Å². The molecule has 31 heavy (non-hydrogen) atoms. The molecule has 1 aliphatic heterocycles. The van der Waals surface area contributed by atoms with Crippen LogP contribution < -0.4 is 20.3 Å². The van der Waals surface area contributed by atoms with E-state index in [0.717, 1.165) is 39.3 Å². The van der Waals surface area contributed by atoms with Crippen molar-refractivity contribution in [2.24, 2.45) is 0 Å². The summed E-state index contributed by atoms with van der Waals surface area (Å²) in [7, 11) is 3.11. The van der Waals surface area contributed by atoms with Gasteiger partial charge >= 0.3 is 0 Å². The van der Waals surface area contributed by atoms with Crippen LogP contribution in [0.4, 0.5) is 0 Å². The summed E-state index contributed by atoms with van der Waals surface area (Å²) in [4.78, 5) is 27.7. The van der Waals surface area contributed by atoms with Gasteiger partial charge in [-0.25, -0.2) is 0 Å². The van der Waals surface area contributed by atoms with Crippen LogP contribution in [0.25, 0.3) is 11.8 Å². The van der Waals surface area contributed by atoms with E-state index in [1.807, 2.05) is 0 Å². The molecule has 1 amide bonds. The van der Waals surface area contributed by atoms with Crippen LogP contribution in [0.3, 0.4) is 0 Å². The molecule has 0 aliphatic carbocycles. The quantitative estimate of drug-likeness (QED) is 0.485. The Morgan fingerprint density at radius 3 is 2.61 bits per heavy atom. The maximum absolute atomic E-state index is 13.0. The number of methoxy groups -OCH3 is 2. The molecule has 1 aliphatic rings. The minimum Gasteiger partial charge on any atom is -0.493 e. The second-order valence-electron chi connectivity index (χ2n) is 7.12. The average molecular weight is 428 g/mol. The molecule has 1 saturated heterocycles. The first-order valence-corrected chi connectivity index (χ1v) is 10.3. The fraction of sp³-hybridized carbons (Fsp3) is 0.391. The Bertz CT molecular complexity index is 964. The Morgan fingerprint density at radius 1 is 1.13 bits per heavy atom. The third-order valence-corrected chi connectivity index (χ3v) is 5.07. The summed E-state index contributed by atoms with van der Waals surface area (Å²) >= 11 is 0. The van der Waals surface area contributed by atoms with Crippen LogP contribution >= 0.6 is 0 Å². The Labute approximate surface area is 182 Å². The molecule has 0 radical (unpaired) electrons. The number of rotatable bonds is 9. The number of pyridine rings is 1. The van der Waals surface area contributed by atoms with Crippen molar-refractivity contribution in [1.82, 2.24) is 14.8 Å². The number of amides is 1. The van der Waals surface area contributed by atoms with Crippen LogP contribution in [0.2, 0.25) is 0 Å². The maximum atomic E-state index is 13.0. The fourth-order valence-electron chi connectivity index (χ4n) is 3.39. The zero-order chi connectivity index (χ0) is 22.1. The monoisotopic (exact) mass is 427 g/mol. The summed E-state index contributed by atoms with van der Waals surface area (Å²) in [6, 6.07) is 10.1. The number of carbonyl (C=O) groups is 1. The fourth-order valence-corrected chi connectivity index (χ4v) is 3.39. The highest BCUT2D eigenvalue weighted by Gasteiger charge is 2.15. The highest BCUT2D eigenvalue weighted by molar-refractivity contribution is 6.18. The van der Waals surface area contributed by atoms with Crippen molar-refractivity contribution in [3.05, 3.63) is 58.5 Å². The molecule has 0 spiro atoms. The first kappa shape index (κ1) is 22.6. The number of carbonyl (C=O) groups excluding carboxylic acids is 1. The topological polar surface area (TPSA) is 82.0 Å². The number of morpholine rings is 1. The van der Waals surface area contributed by atoms with Gasteiger partial charge in [0.15, 0.2) is 11.5 Å². The average Bonchev–Trinajstić information content (AvgIpc) is 2.81. The van der Waals surface area contributed by atoms with E-state index in [1.54, 1.807) is 56.8 Å². The minimum atomic E-state index is -0.315. The standard InChI is InChI=1S/C23H29N3O5/c1-29-20-8-7-18(17-21(20)30-2)16-19(26-11-4-3-6-22(26)27)23(28)24-9-5-10-25-12-14-31-15-13-25/h3-4,6-8,11,16-17H,5,9-10,12-15H2,1-2H3,(H,24,28)/b19-16+. The van der Waals surface area contributed by atoms with Gasteiger partial charge in [0.1, 0.15) is 5.70 Å². The molecular formula is C23H29N3O5. The largest absolute Gasteiger partial charge is 0.493 e. The van der Waals surface area contributed by atoms with Gasteiger partial charge in [-0.1, -0.05) is 12.1 Å². The van der Waals surface area contributed by atoms with Crippen LogP contribution in [0, 0.1) is 0 Å². The van der Waals surface area contributed by atoms with Gasteiger partial charge in [0.2, 0.25) is 0 Å². The summed E-state index contributed by atoms with van der Waals surface area (Å²) in [6.07, 6.45) is 4.07. The molecule has 3 rings (SSSR count). The van der Waals surface area contributed by atoms with E-state index < -0.39 is 0 Å². The van der Waals surface area contributed by atoms with Crippen LogP contribution in [0.5, 0.6) is 11.5 Å². The van der Waals surface area contributed by atoms with Gasteiger partial charge in [0.25, 0.3) is 11.5 Å². The number of nitrogens with one attached hydrogen (secondary N) is 1. The molecule has 8 heteroatoms. The van der Waals surface area contributed by atoms with E-state index in [9.17, 15) is 9.59 Å². The molecule has 0 saturated carbocycles. The summed E-state index contributed by atoms with van der Waals surface area (Å²) in [6.45, 7) is 4.74. The molecule has 8 nitrogen and oxygen atoms in total. The van der Waals surface area contributed by atoms with Crippen molar-refractivity contribution in [2.45, 2.75) is 6.42 Å². The predicted octanol–water partition coefficient (Wildman–Crippen LogP) is 1.70. The molecule has 1 fully saturated rings. The van der Waals surface area contributed by atoms with Crippen molar-refractivity contribution in [1.29, 1.82) is 0 Å². The molecule has 1 aromatic heterocycles. The first-order valence-electron chi connectivity index (χ1n) is 10.3. The van der Waals surface area contributed by atoms with Gasteiger partial charge in [0, 0.05) is 31.9 Å². The zero-order valence-corrected chi connectivity index (χ0v) is 18.0. The highest BCUT2D eigenvalue weighted by Crippen LogP contribution is 2.28. The van der Waals surface area contributed by atoms with Gasteiger partial charge in [0.05, 0.1) is 27.4 Å². The summed E-state index contributed by atoms with van der Waals surface area (Å²) < 4.78 is 17.3. The molecule has 2 aromatic rings. The van der Waals surface area contributed by atoms with E-state index in [-0.39, 0.29) is 17.2 Å². The van der Waals surface area contributed by atoms with Crippen LogP contribution in [-0.4, -0.2) is 69.0 Å². The van der Waals surface area contributed by atoms with Crippen LogP contribution in [-0.2, 0) is 9.53 Å². The molecule has 0 unspecified atom stereocenters. The van der Waals surface area contributed by atoms with E-state index >= 15 is 0 Å². The number of hydrogen-bond donors (Lipinski definition) is 1. The van der Waals surface area contributed by atoms with Crippen molar-refractivity contribution in [3.8, 4) is 11.5 Å². The number of hydrogen-bond acceptors (Lipinski definition) is 6. The third-order valence-electron chi connectivity index (χ3n) is 5.07. The lowest BCUT2D eigenvalue weighted by atomic mass is 10.1. The smallest absolute Gasteiger partial charge is 0.268 e. The highest BCUT2D eigenvalue weighted by atomic mass is 16.5. The zero-order valence-electron chi connectivity index (χ0n) is 18.0. The summed E-state index contributed by atoms with van der Waals surface area (Å²) in [5.74, 6) is 0.817. The van der Waals surface area contributed by atoms with E-state index in [0.29, 0.717) is 23.6 Å². The second kappa shape index (κ2) is 11.3. The Balaban J connectivity index is 1.77.